The number of esters is 3. The summed E-state index contributed by atoms with van der Waals surface area (Å²) in [6.45, 7) is 5.07. The number of amides is 1. The van der Waals surface area contributed by atoms with Gasteiger partial charge in [0.25, 0.3) is 5.91 Å². The van der Waals surface area contributed by atoms with Crippen LogP contribution in [-0.2, 0) is 19.0 Å². The summed E-state index contributed by atoms with van der Waals surface area (Å²) in [4.78, 5) is 59.2. The van der Waals surface area contributed by atoms with Gasteiger partial charge in [0.2, 0.25) is 0 Å². The highest BCUT2D eigenvalue weighted by Crippen LogP contribution is 2.34. The monoisotopic (exact) mass is 549 g/mol. The van der Waals surface area contributed by atoms with Gasteiger partial charge in [0.1, 0.15) is 15.7 Å². The quantitative estimate of drug-likeness (QED) is 0.216. The number of rotatable bonds is 9. The fourth-order valence-corrected chi connectivity index (χ4v) is 5.09. The zero-order valence-electron chi connectivity index (χ0n) is 21.8. The maximum atomic E-state index is 13.2. The number of nitrogens with zero attached hydrogens (tertiary/aromatic N) is 1. The van der Waals surface area contributed by atoms with Crippen molar-refractivity contribution in [2.24, 2.45) is 0 Å². The van der Waals surface area contributed by atoms with Crippen molar-refractivity contribution < 1.29 is 33.4 Å². The molecule has 0 bridgehead atoms. The molecule has 1 atom stereocenters. The van der Waals surface area contributed by atoms with Crippen molar-refractivity contribution in [1.29, 1.82) is 0 Å². The predicted molar refractivity (Wildman–Crippen MR) is 146 cm³/mol. The lowest BCUT2D eigenvalue weighted by Gasteiger charge is -2.17. The molecular weight excluding hydrogens is 522 g/mol. The summed E-state index contributed by atoms with van der Waals surface area (Å²) < 4.78 is 15.5. The minimum absolute atomic E-state index is 0.0373. The molecule has 2 aromatic carbocycles. The summed E-state index contributed by atoms with van der Waals surface area (Å²) in [5, 5.41) is 2.73. The van der Waals surface area contributed by atoms with Crippen LogP contribution < -0.4 is 5.32 Å². The first-order valence-electron chi connectivity index (χ1n) is 12.2. The third kappa shape index (κ3) is 5.68. The number of anilines is 1. The van der Waals surface area contributed by atoms with Crippen molar-refractivity contribution in [3.8, 4) is 11.4 Å². The van der Waals surface area contributed by atoms with E-state index in [4.69, 9.17) is 14.2 Å². The summed E-state index contributed by atoms with van der Waals surface area (Å²) in [5.41, 5.74) is 2.68. The Morgan fingerprint density at radius 1 is 1.00 bits per heavy atom. The first-order valence-corrected chi connectivity index (χ1v) is 13.0. The Morgan fingerprint density at radius 2 is 1.72 bits per heavy atom. The number of imidazole rings is 1. The number of H-pyrrole nitrogens is 1. The second kappa shape index (κ2) is 11.9. The lowest BCUT2D eigenvalue weighted by Crippen LogP contribution is -2.32. The molecule has 202 valence electrons. The molecule has 11 heteroatoms. The van der Waals surface area contributed by atoms with Gasteiger partial charge < -0.3 is 24.5 Å². The topological polar surface area (TPSA) is 137 Å². The Hall–Kier alpha value is -4.51. The van der Waals surface area contributed by atoms with E-state index >= 15 is 0 Å². The molecule has 2 N–H and O–H groups in total. The maximum Gasteiger partial charge on any atom is 0.348 e. The molecule has 2 heterocycles. The number of aromatic amines is 1. The Morgan fingerprint density at radius 3 is 2.41 bits per heavy atom. The molecular formula is C28H27N3O7S. The Kier molecular flexibility index (Phi) is 8.40. The van der Waals surface area contributed by atoms with E-state index in [0.717, 1.165) is 22.4 Å². The summed E-state index contributed by atoms with van der Waals surface area (Å²) in [7, 11) is 1.20. The summed E-state index contributed by atoms with van der Waals surface area (Å²) in [6.07, 6.45) is -1.02. The van der Waals surface area contributed by atoms with Crippen molar-refractivity contribution in [3.63, 3.8) is 0 Å². The van der Waals surface area contributed by atoms with Gasteiger partial charge in [-0.25, -0.2) is 19.4 Å². The van der Waals surface area contributed by atoms with Crippen LogP contribution in [0.15, 0.2) is 48.5 Å². The number of fused-ring (bicyclic) bond motifs is 1. The van der Waals surface area contributed by atoms with E-state index in [-0.39, 0.29) is 34.0 Å². The first kappa shape index (κ1) is 27.5. The van der Waals surface area contributed by atoms with Crippen molar-refractivity contribution in [1.82, 2.24) is 9.97 Å². The van der Waals surface area contributed by atoms with Crippen LogP contribution in [0, 0.1) is 6.92 Å². The smallest absolute Gasteiger partial charge is 0.348 e. The fourth-order valence-electron chi connectivity index (χ4n) is 4.00. The Balaban J connectivity index is 1.58. The van der Waals surface area contributed by atoms with Gasteiger partial charge in [-0.05, 0) is 44.0 Å². The molecule has 39 heavy (non-hydrogen) atoms. The molecule has 0 aliphatic carbocycles. The van der Waals surface area contributed by atoms with Crippen LogP contribution >= 0.6 is 11.3 Å². The number of carbonyl (C=O) groups is 4. The number of para-hydroxylation sites is 2. The maximum absolute atomic E-state index is 13.2. The van der Waals surface area contributed by atoms with Gasteiger partial charge in [-0.15, -0.1) is 11.3 Å². The SMILES string of the molecule is CCOC(=O)c1sc(NC(=O)C(CC)OC(=O)c2ccccc2-c2nc3ccccc3[nH]2)c(C(=O)OC)c1C. The highest BCUT2D eigenvalue weighted by molar-refractivity contribution is 7.18. The number of methoxy groups -OCH3 is 1. The van der Waals surface area contributed by atoms with Crippen molar-refractivity contribution in [2.45, 2.75) is 33.3 Å². The number of nitrogens with one attached hydrogen (secondary N) is 2. The van der Waals surface area contributed by atoms with E-state index in [0.29, 0.717) is 17.0 Å². The van der Waals surface area contributed by atoms with Crippen LogP contribution in [0.4, 0.5) is 5.00 Å². The van der Waals surface area contributed by atoms with Gasteiger partial charge in [-0.1, -0.05) is 37.3 Å². The lowest BCUT2D eigenvalue weighted by molar-refractivity contribution is -0.124. The van der Waals surface area contributed by atoms with E-state index in [1.54, 1.807) is 45.0 Å². The van der Waals surface area contributed by atoms with E-state index in [2.05, 4.69) is 15.3 Å². The highest BCUT2D eigenvalue weighted by Gasteiger charge is 2.30. The Bertz CT molecular complexity index is 1520. The number of carbonyl (C=O) groups excluding carboxylic acids is 4. The van der Waals surface area contributed by atoms with Crippen LogP contribution in [-0.4, -0.2) is 53.6 Å². The third-order valence-corrected chi connectivity index (χ3v) is 7.13. The molecule has 4 aromatic rings. The molecule has 0 fully saturated rings. The van der Waals surface area contributed by atoms with Crippen molar-refractivity contribution in [3.05, 3.63) is 70.1 Å². The summed E-state index contributed by atoms with van der Waals surface area (Å²) >= 11 is 0.891. The zero-order chi connectivity index (χ0) is 28.1. The summed E-state index contributed by atoms with van der Waals surface area (Å²) in [6, 6.07) is 14.3. The average Bonchev–Trinajstić information content (AvgIpc) is 3.52. The molecule has 4 rings (SSSR count). The molecule has 0 saturated heterocycles. The number of aromatic nitrogens is 2. The van der Waals surface area contributed by atoms with Crippen molar-refractivity contribution in [2.75, 3.05) is 19.0 Å². The van der Waals surface area contributed by atoms with Crippen LogP contribution in [0.3, 0.4) is 0 Å². The molecule has 0 radical (unpaired) electrons. The van der Waals surface area contributed by atoms with Gasteiger partial charge in [0.05, 0.1) is 35.9 Å². The molecule has 0 aliphatic heterocycles. The van der Waals surface area contributed by atoms with Crippen LogP contribution in [0.25, 0.3) is 22.4 Å². The van der Waals surface area contributed by atoms with E-state index < -0.39 is 29.9 Å². The van der Waals surface area contributed by atoms with Gasteiger partial charge in [-0.2, -0.15) is 0 Å². The van der Waals surface area contributed by atoms with Gasteiger partial charge in [0, 0.05) is 5.56 Å². The molecule has 0 spiro atoms. The molecule has 1 amide bonds. The number of thiophene rings is 1. The predicted octanol–water partition coefficient (Wildman–Crippen LogP) is 5.14. The normalized spacial score (nSPS) is 11.6. The summed E-state index contributed by atoms with van der Waals surface area (Å²) in [5.74, 6) is -2.22. The minimum Gasteiger partial charge on any atom is -0.465 e. The molecule has 1 unspecified atom stereocenters. The Labute approximate surface area is 228 Å². The first-order chi connectivity index (χ1) is 18.8. The second-order valence-electron chi connectivity index (χ2n) is 8.41. The van der Waals surface area contributed by atoms with Gasteiger partial charge in [0.15, 0.2) is 6.10 Å². The largest absolute Gasteiger partial charge is 0.465 e. The fraction of sp³-hybridized carbons (Fsp3) is 0.250. The molecule has 0 aliphatic rings. The highest BCUT2D eigenvalue weighted by atomic mass is 32.1. The van der Waals surface area contributed by atoms with E-state index in [9.17, 15) is 19.2 Å². The van der Waals surface area contributed by atoms with E-state index in [1.807, 2.05) is 24.3 Å². The van der Waals surface area contributed by atoms with Gasteiger partial charge in [-0.3, -0.25) is 4.79 Å². The molecule has 0 saturated carbocycles. The van der Waals surface area contributed by atoms with Crippen molar-refractivity contribution >= 4 is 51.2 Å². The minimum atomic E-state index is -1.18. The molecule has 10 nitrogen and oxygen atoms in total. The van der Waals surface area contributed by atoms with E-state index in [1.165, 1.54) is 7.11 Å². The number of hydrogen-bond acceptors (Lipinski definition) is 9. The number of ether oxygens (including phenoxy) is 3. The average molecular weight is 550 g/mol. The van der Waals surface area contributed by atoms with Gasteiger partial charge >= 0.3 is 17.9 Å². The zero-order valence-corrected chi connectivity index (χ0v) is 22.6. The third-order valence-electron chi connectivity index (χ3n) is 5.94. The lowest BCUT2D eigenvalue weighted by atomic mass is 10.1. The standard InChI is InChI=1S/C28H27N3O7S/c1-5-20(24(32)31-25-21(27(34)36-4)15(3)22(39-25)28(35)37-6-2)38-26(33)17-12-8-7-11-16(17)23-29-18-13-9-10-14-19(18)30-23/h7-14,20H,5-6H2,1-4H3,(H,29,30)(H,31,32). The van der Waals surface area contributed by atoms with Crippen LogP contribution in [0.5, 0.6) is 0 Å². The number of hydrogen-bond donors (Lipinski definition) is 2. The van der Waals surface area contributed by atoms with Crippen LogP contribution in [0.2, 0.25) is 0 Å². The second-order valence-corrected chi connectivity index (χ2v) is 9.43. The molecule has 2 aromatic heterocycles. The van der Waals surface area contributed by atoms with Crippen LogP contribution in [0.1, 0.15) is 56.2 Å². The number of benzene rings is 2.